The van der Waals surface area contributed by atoms with E-state index < -0.39 is 0 Å². The maximum atomic E-state index is 12.2. The highest BCUT2D eigenvalue weighted by molar-refractivity contribution is 6.32. The van der Waals surface area contributed by atoms with Crippen molar-refractivity contribution in [2.75, 3.05) is 12.4 Å². The standard InChI is InChI=1S/C16H14ClN5O2/c1-24-14-8-7-12(9-13(14)17)18-15(23)10-22-16(19-20-21-22)11-5-3-2-4-6-11/h2-9H,10H2,1H3,(H,18,23). The minimum absolute atomic E-state index is 0.0130. The van der Waals surface area contributed by atoms with Crippen LogP contribution in [0.3, 0.4) is 0 Å². The molecule has 0 fully saturated rings. The molecule has 7 nitrogen and oxygen atoms in total. The van der Waals surface area contributed by atoms with E-state index in [0.29, 0.717) is 22.3 Å². The number of halogens is 1. The van der Waals surface area contributed by atoms with E-state index in [-0.39, 0.29) is 12.5 Å². The van der Waals surface area contributed by atoms with Gasteiger partial charge in [0.2, 0.25) is 5.91 Å². The first-order chi connectivity index (χ1) is 11.7. The second-order valence-electron chi connectivity index (χ2n) is 4.92. The van der Waals surface area contributed by atoms with Gasteiger partial charge in [-0.25, -0.2) is 4.68 Å². The molecule has 0 aliphatic carbocycles. The molecule has 2 aromatic carbocycles. The smallest absolute Gasteiger partial charge is 0.246 e. The van der Waals surface area contributed by atoms with Gasteiger partial charge >= 0.3 is 0 Å². The van der Waals surface area contributed by atoms with E-state index in [0.717, 1.165) is 5.56 Å². The van der Waals surface area contributed by atoms with Crippen molar-refractivity contribution in [2.24, 2.45) is 0 Å². The Labute approximate surface area is 143 Å². The molecule has 24 heavy (non-hydrogen) atoms. The summed E-state index contributed by atoms with van der Waals surface area (Å²) >= 11 is 6.05. The maximum Gasteiger partial charge on any atom is 0.246 e. The van der Waals surface area contributed by atoms with E-state index in [4.69, 9.17) is 16.3 Å². The molecule has 0 atom stereocenters. The lowest BCUT2D eigenvalue weighted by Gasteiger charge is -2.08. The molecule has 8 heteroatoms. The quantitative estimate of drug-likeness (QED) is 0.770. The first kappa shape index (κ1) is 15.9. The number of ether oxygens (including phenoxy) is 1. The zero-order valence-corrected chi connectivity index (χ0v) is 13.6. The summed E-state index contributed by atoms with van der Waals surface area (Å²) in [6.45, 7) is -0.0130. The molecule has 0 radical (unpaired) electrons. The van der Waals surface area contributed by atoms with Gasteiger partial charge in [0.15, 0.2) is 5.82 Å². The van der Waals surface area contributed by atoms with Crippen molar-refractivity contribution in [3.63, 3.8) is 0 Å². The number of nitrogens with zero attached hydrogens (tertiary/aromatic N) is 4. The molecular weight excluding hydrogens is 330 g/mol. The van der Waals surface area contributed by atoms with Gasteiger partial charge in [0.25, 0.3) is 0 Å². The monoisotopic (exact) mass is 343 g/mol. The van der Waals surface area contributed by atoms with Crippen LogP contribution < -0.4 is 10.1 Å². The summed E-state index contributed by atoms with van der Waals surface area (Å²) in [5.41, 5.74) is 1.41. The van der Waals surface area contributed by atoms with Crippen LogP contribution in [0.15, 0.2) is 48.5 Å². The average Bonchev–Trinajstić information content (AvgIpc) is 3.04. The van der Waals surface area contributed by atoms with Gasteiger partial charge in [-0.1, -0.05) is 41.9 Å². The number of aromatic nitrogens is 4. The van der Waals surface area contributed by atoms with Gasteiger partial charge in [-0.15, -0.1) is 5.10 Å². The molecular formula is C16H14ClN5O2. The Balaban J connectivity index is 1.72. The summed E-state index contributed by atoms with van der Waals surface area (Å²) in [5.74, 6) is 0.806. The Morgan fingerprint density at radius 3 is 2.75 bits per heavy atom. The maximum absolute atomic E-state index is 12.2. The van der Waals surface area contributed by atoms with E-state index in [2.05, 4.69) is 20.8 Å². The van der Waals surface area contributed by atoms with Gasteiger partial charge in [-0.2, -0.15) is 0 Å². The molecule has 122 valence electrons. The molecule has 3 rings (SSSR count). The molecule has 0 unspecified atom stereocenters. The highest BCUT2D eigenvalue weighted by Crippen LogP contribution is 2.27. The normalized spacial score (nSPS) is 10.4. The largest absolute Gasteiger partial charge is 0.495 e. The minimum atomic E-state index is -0.263. The fourth-order valence-corrected chi connectivity index (χ4v) is 2.44. The number of tetrazole rings is 1. The number of carbonyl (C=O) groups excluding carboxylic acids is 1. The van der Waals surface area contributed by atoms with Crippen molar-refractivity contribution >= 4 is 23.2 Å². The molecule has 0 saturated heterocycles. The summed E-state index contributed by atoms with van der Waals surface area (Å²) in [7, 11) is 1.53. The minimum Gasteiger partial charge on any atom is -0.495 e. The van der Waals surface area contributed by atoms with Crippen LogP contribution in [0.25, 0.3) is 11.4 Å². The SMILES string of the molecule is COc1ccc(NC(=O)Cn2nnnc2-c2ccccc2)cc1Cl. The molecule has 1 aromatic heterocycles. The summed E-state index contributed by atoms with van der Waals surface area (Å²) in [6, 6.07) is 14.4. The van der Waals surface area contributed by atoms with Crippen molar-refractivity contribution in [1.82, 2.24) is 20.2 Å². The molecule has 1 N–H and O–H groups in total. The number of methoxy groups -OCH3 is 1. The zero-order chi connectivity index (χ0) is 16.9. The Kier molecular flexibility index (Phi) is 4.72. The van der Waals surface area contributed by atoms with E-state index >= 15 is 0 Å². The van der Waals surface area contributed by atoms with Gasteiger partial charge in [0.05, 0.1) is 12.1 Å². The Morgan fingerprint density at radius 1 is 1.25 bits per heavy atom. The fraction of sp³-hybridized carbons (Fsp3) is 0.125. The lowest BCUT2D eigenvalue weighted by Crippen LogP contribution is -2.20. The highest BCUT2D eigenvalue weighted by Gasteiger charge is 2.12. The third-order valence-electron chi connectivity index (χ3n) is 3.29. The first-order valence-electron chi connectivity index (χ1n) is 7.12. The fourth-order valence-electron chi connectivity index (χ4n) is 2.19. The van der Waals surface area contributed by atoms with Crippen LogP contribution in [-0.2, 0) is 11.3 Å². The van der Waals surface area contributed by atoms with Crippen LogP contribution in [-0.4, -0.2) is 33.2 Å². The second-order valence-corrected chi connectivity index (χ2v) is 5.33. The van der Waals surface area contributed by atoms with Crippen molar-refractivity contribution < 1.29 is 9.53 Å². The van der Waals surface area contributed by atoms with Crippen LogP contribution in [0.2, 0.25) is 5.02 Å². The summed E-state index contributed by atoms with van der Waals surface area (Å²) in [5, 5.41) is 14.7. The van der Waals surface area contributed by atoms with E-state index in [9.17, 15) is 4.79 Å². The summed E-state index contributed by atoms with van der Waals surface area (Å²) < 4.78 is 6.52. The molecule has 0 saturated carbocycles. The molecule has 0 aliphatic heterocycles. The van der Waals surface area contributed by atoms with E-state index in [1.165, 1.54) is 11.8 Å². The van der Waals surface area contributed by atoms with Crippen LogP contribution in [0, 0.1) is 0 Å². The molecule has 1 amide bonds. The average molecular weight is 344 g/mol. The molecule has 3 aromatic rings. The van der Waals surface area contributed by atoms with Crippen LogP contribution in [0.1, 0.15) is 0 Å². The number of anilines is 1. The number of benzene rings is 2. The van der Waals surface area contributed by atoms with Crippen molar-refractivity contribution in [3.8, 4) is 17.1 Å². The van der Waals surface area contributed by atoms with Crippen molar-refractivity contribution in [2.45, 2.75) is 6.54 Å². The number of amides is 1. The predicted octanol–water partition coefficient (Wildman–Crippen LogP) is 2.64. The number of carbonyl (C=O) groups is 1. The van der Waals surface area contributed by atoms with Gasteiger partial charge in [-0.05, 0) is 28.6 Å². The van der Waals surface area contributed by atoms with Crippen LogP contribution in [0.5, 0.6) is 5.75 Å². The summed E-state index contributed by atoms with van der Waals surface area (Å²) in [4.78, 5) is 12.2. The lowest BCUT2D eigenvalue weighted by atomic mass is 10.2. The summed E-state index contributed by atoms with van der Waals surface area (Å²) in [6.07, 6.45) is 0. The van der Waals surface area contributed by atoms with E-state index in [1.807, 2.05) is 30.3 Å². The van der Waals surface area contributed by atoms with Crippen LogP contribution in [0.4, 0.5) is 5.69 Å². The third-order valence-corrected chi connectivity index (χ3v) is 3.59. The highest BCUT2D eigenvalue weighted by atomic mass is 35.5. The van der Waals surface area contributed by atoms with Crippen molar-refractivity contribution in [1.29, 1.82) is 0 Å². The first-order valence-corrected chi connectivity index (χ1v) is 7.50. The Bertz CT molecular complexity index is 851. The molecule has 0 spiro atoms. The third kappa shape index (κ3) is 3.52. The van der Waals surface area contributed by atoms with Gasteiger partial charge in [0.1, 0.15) is 12.3 Å². The topological polar surface area (TPSA) is 81.9 Å². The number of hydrogen-bond acceptors (Lipinski definition) is 5. The zero-order valence-electron chi connectivity index (χ0n) is 12.8. The second kappa shape index (κ2) is 7.10. The van der Waals surface area contributed by atoms with Crippen LogP contribution >= 0.6 is 11.6 Å². The van der Waals surface area contributed by atoms with Gasteiger partial charge in [0, 0.05) is 11.3 Å². The number of hydrogen-bond donors (Lipinski definition) is 1. The number of nitrogens with one attached hydrogen (secondary N) is 1. The predicted molar refractivity (Wildman–Crippen MR) is 89.9 cm³/mol. The number of rotatable bonds is 5. The molecule has 0 bridgehead atoms. The van der Waals surface area contributed by atoms with Gasteiger partial charge < -0.3 is 10.1 Å². The molecule has 1 heterocycles. The Morgan fingerprint density at radius 2 is 2.04 bits per heavy atom. The lowest BCUT2D eigenvalue weighted by molar-refractivity contribution is -0.116. The van der Waals surface area contributed by atoms with E-state index in [1.54, 1.807) is 18.2 Å². The van der Waals surface area contributed by atoms with Crippen molar-refractivity contribution in [3.05, 3.63) is 53.6 Å². The molecule has 0 aliphatic rings. The van der Waals surface area contributed by atoms with Gasteiger partial charge in [-0.3, -0.25) is 4.79 Å². The Hall–Kier alpha value is -2.93.